The fourth-order valence-corrected chi connectivity index (χ4v) is 2.23. The fraction of sp³-hybridized carbons (Fsp3) is 0.833. The number of alkyl halides is 3. The molecule has 0 atom stereocenters. The van der Waals surface area contributed by atoms with Crippen molar-refractivity contribution in [3.8, 4) is 0 Å². The van der Waals surface area contributed by atoms with Gasteiger partial charge in [0.1, 0.15) is 0 Å². The number of unbranched alkanes of at least 4 members (excludes halogenated alkanes) is 10. The van der Waals surface area contributed by atoms with Crippen molar-refractivity contribution in [2.24, 2.45) is 0 Å². The molecule has 0 fully saturated rings. The summed E-state index contributed by atoms with van der Waals surface area (Å²) >= 11 is 0. The third-order valence-corrected chi connectivity index (χ3v) is 3.62. The van der Waals surface area contributed by atoms with Crippen LogP contribution < -0.4 is 0 Å². The van der Waals surface area contributed by atoms with E-state index in [9.17, 15) is 18.0 Å². The largest absolute Gasteiger partial charge is 0.490 e. The zero-order valence-electron chi connectivity index (χ0n) is 14.3. The van der Waals surface area contributed by atoms with Crippen LogP contribution in [0.2, 0.25) is 0 Å². The molecule has 0 amide bonds. The first-order chi connectivity index (χ1) is 11.0. The number of esters is 1. The Morgan fingerprint density at radius 3 is 1.83 bits per heavy atom. The number of ether oxygens (including phenoxy) is 1. The SMILES string of the molecule is CCCCC=CCCCCCCCCCCOC(=O)C(F)(F)F. The lowest BCUT2D eigenvalue weighted by molar-refractivity contribution is -0.199. The molecular weight excluding hydrogens is 305 g/mol. The summed E-state index contributed by atoms with van der Waals surface area (Å²) in [6.07, 6.45) is 12.8. The van der Waals surface area contributed by atoms with Gasteiger partial charge in [0.25, 0.3) is 0 Å². The van der Waals surface area contributed by atoms with E-state index in [-0.39, 0.29) is 6.61 Å². The van der Waals surface area contributed by atoms with Crippen LogP contribution in [0.4, 0.5) is 13.2 Å². The van der Waals surface area contributed by atoms with Crippen molar-refractivity contribution in [3.63, 3.8) is 0 Å². The Morgan fingerprint density at radius 2 is 1.30 bits per heavy atom. The first-order valence-electron chi connectivity index (χ1n) is 8.87. The number of hydrogen-bond acceptors (Lipinski definition) is 2. The van der Waals surface area contributed by atoms with Crippen LogP contribution in [0.3, 0.4) is 0 Å². The third-order valence-electron chi connectivity index (χ3n) is 3.62. The summed E-state index contributed by atoms with van der Waals surface area (Å²) in [5.41, 5.74) is 0. The Labute approximate surface area is 138 Å². The van der Waals surface area contributed by atoms with Gasteiger partial charge in [-0.1, -0.05) is 70.4 Å². The summed E-state index contributed by atoms with van der Waals surface area (Å²) in [4.78, 5) is 10.4. The minimum atomic E-state index is -4.87. The van der Waals surface area contributed by atoms with Crippen LogP contribution in [0.15, 0.2) is 12.2 Å². The summed E-state index contributed by atoms with van der Waals surface area (Å²) in [5, 5.41) is 0. The monoisotopic (exact) mass is 336 g/mol. The van der Waals surface area contributed by atoms with Gasteiger partial charge in [-0.3, -0.25) is 0 Å². The number of rotatable bonds is 14. The minimum absolute atomic E-state index is 0.136. The van der Waals surface area contributed by atoms with E-state index in [0.717, 1.165) is 25.7 Å². The van der Waals surface area contributed by atoms with Crippen LogP contribution in [0.5, 0.6) is 0 Å². The van der Waals surface area contributed by atoms with Crippen molar-refractivity contribution >= 4 is 5.97 Å². The molecule has 0 aliphatic carbocycles. The van der Waals surface area contributed by atoms with Gasteiger partial charge in [0.2, 0.25) is 0 Å². The van der Waals surface area contributed by atoms with Crippen LogP contribution in [-0.4, -0.2) is 18.8 Å². The molecule has 23 heavy (non-hydrogen) atoms. The molecular formula is C18H31F3O2. The normalized spacial score (nSPS) is 12.0. The zero-order chi connectivity index (χ0) is 17.4. The van der Waals surface area contributed by atoms with E-state index >= 15 is 0 Å². The van der Waals surface area contributed by atoms with Crippen LogP contribution in [0.25, 0.3) is 0 Å². The van der Waals surface area contributed by atoms with Gasteiger partial charge in [-0.05, 0) is 25.7 Å². The van der Waals surface area contributed by atoms with Crippen LogP contribution in [0, 0.1) is 0 Å². The molecule has 0 saturated carbocycles. The summed E-state index contributed by atoms with van der Waals surface area (Å²) < 4.78 is 39.7. The van der Waals surface area contributed by atoms with E-state index in [1.807, 2.05) is 0 Å². The van der Waals surface area contributed by atoms with Crippen molar-refractivity contribution in [2.75, 3.05) is 6.61 Å². The standard InChI is InChI=1S/C18H31F3O2/c1-2-3-4-5-6-7-8-9-10-11-12-13-14-15-16-23-17(22)18(19,20)21/h5-6H,2-4,7-16H2,1H3. The fourth-order valence-electron chi connectivity index (χ4n) is 2.23. The van der Waals surface area contributed by atoms with Crippen molar-refractivity contribution in [1.29, 1.82) is 0 Å². The molecule has 0 heterocycles. The minimum Gasteiger partial charge on any atom is -0.459 e. The molecule has 0 bridgehead atoms. The molecule has 0 saturated heterocycles. The van der Waals surface area contributed by atoms with Crippen molar-refractivity contribution < 1.29 is 22.7 Å². The van der Waals surface area contributed by atoms with Gasteiger partial charge in [-0.2, -0.15) is 13.2 Å². The smallest absolute Gasteiger partial charge is 0.459 e. The molecule has 0 aromatic heterocycles. The van der Waals surface area contributed by atoms with Gasteiger partial charge in [0.05, 0.1) is 6.61 Å². The second-order valence-corrected chi connectivity index (χ2v) is 5.86. The maximum absolute atomic E-state index is 11.9. The number of carbonyl (C=O) groups excluding carboxylic acids is 1. The Hall–Kier alpha value is -1.00. The maximum atomic E-state index is 11.9. The van der Waals surface area contributed by atoms with Crippen molar-refractivity contribution in [3.05, 3.63) is 12.2 Å². The van der Waals surface area contributed by atoms with Gasteiger partial charge in [-0.25, -0.2) is 4.79 Å². The zero-order valence-corrected chi connectivity index (χ0v) is 14.3. The lowest BCUT2D eigenvalue weighted by atomic mass is 10.1. The first kappa shape index (κ1) is 22.0. The molecule has 0 aliphatic heterocycles. The Kier molecular flexibility index (Phi) is 13.9. The van der Waals surface area contributed by atoms with Crippen molar-refractivity contribution in [1.82, 2.24) is 0 Å². The van der Waals surface area contributed by atoms with Gasteiger partial charge in [-0.15, -0.1) is 0 Å². The molecule has 0 unspecified atom stereocenters. The maximum Gasteiger partial charge on any atom is 0.490 e. The van der Waals surface area contributed by atoms with Crippen LogP contribution in [-0.2, 0) is 9.53 Å². The van der Waals surface area contributed by atoms with E-state index < -0.39 is 12.1 Å². The van der Waals surface area contributed by atoms with Crippen molar-refractivity contribution in [2.45, 2.75) is 90.1 Å². The Morgan fingerprint density at radius 1 is 0.826 bits per heavy atom. The predicted octanol–water partition coefficient (Wildman–Crippen LogP) is 6.35. The number of allylic oxidation sites excluding steroid dienone is 2. The predicted molar refractivity (Wildman–Crippen MR) is 87.2 cm³/mol. The van der Waals surface area contributed by atoms with Crippen LogP contribution in [0.1, 0.15) is 84.0 Å². The molecule has 0 radical (unpaired) electrons. The molecule has 5 heteroatoms. The van der Waals surface area contributed by atoms with E-state index in [1.54, 1.807) is 0 Å². The molecule has 2 nitrogen and oxygen atoms in total. The lowest BCUT2D eigenvalue weighted by Gasteiger charge is -2.06. The third kappa shape index (κ3) is 15.7. The summed E-state index contributed by atoms with van der Waals surface area (Å²) in [6.45, 7) is 2.06. The Balaban J connectivity index is 3.19. The average molecular weight is 336 g/mol. The second kappa shape index (κ2) is 14.6. The molecule has 0 aromatic rings. The number of hydrogen-bond donors (Lipinski definition) is 0. The molecule has 0 N–H and O–H groups in total. The van der Waals surface area contributed by atoms with E-state index in [2.05, 4.69) is 23.8 Å². The topological polar surface area (TPSA) is 26.3 Å². The molecule has 0 aliphatic rings. The van der Waals surface area contributed by atoms with Gasteiger partial charge >= 0.3 is 12.1 Å². The highest BCUT2D eigenvalue weighted by Crippen LogP contribution is 2.17. The van der Waals surface area contributed by atoms with E-state index in [4.69, 9.17) is 0 Å². The summed E-state index contributed by atoms with van der Waals surface area (Å²) in [7, 11) is 0. The highest BCUT2D eigenvalue weighted by Gasteiger charge is 2.40. The highest BCUT2D eigenvalue weighted by atomic mass is 19.4. The highest BCUT2D eigenvalue weighted by molar-refractivity contribution is 5.75. The lowest BCUT2D eigenvalue weighted by Crippen LogP contribution is -2.25. The quantitative estimate of drug-likeness (QED) is 0.210. The van der Waals surface area contributed by atoms with E-state index in [0.29, 0.717) is 6.42 Å². The van der Waals surface area contributed by atoms with Gasteiger partial charge in [0, 0.05) is 0 Å². The summed E-state index contributed by atoms with van der Waals surface area (Å²) in [6, 6.07) is 0. The number of halogens is 3. The Bertz CT molecular complexity index is 312. The second-order valence-electron chi connectivity index (χ2n) is 5.86. The van der Waals surface area contributed by atoms with E-state index in [1.165, 1.54) is 44.9 Å². The summed E-state index contributed by atoms with van der Waals surface area (Å²) in [5.74, 6) is -2.08. The first-order valence-corrected chi connectivity index (χ1v) is 8.87. The van der Waals surface area contributed by atoms with Crippen LogP contribution >= 0.6 is 0 Å². The molecule has 136 valence electrons. The average Bonchev–Trinajstić information content (AvgIpc) is 2.50. The molecule has 0 spiro atoms. The molecule has 0 aromatic carbocycles. The van der Waals surface area contributed by atoms with Gasteiger partial charge in [0.15, 0.2) is 0 Å². The number of carbonyl (C=O) groups is 1. The van der Waals surface area contributed by atoms with Gasteiger partial charge < -0.3 is 4.74 Å². The molecule has 0 rings (SSSR count).